The van der Waals surface area contributed by atoms with Crippen LogP contribution in [0.5, 0.6) is 0 Å². The number of nitrogens with two attached hydrogens (primary N) is 1. The summed E-state index contributed by atoms with van der Waals surface area (Å²) < 4.78 is 62.0. The third-order valence-corrected chi connectivity index (χ3v) is 14.7. The second kappa shape index (κ2) is 11.9. The number of imidazole rings is 2. The van der Waals surface area contributed by atoms with Crippen LogP contribution in [0, 0.1) is 24.2 Å². The molecule has 264 valence electrons. The van der Waals surface area contributed by atoms with Gasteiger partial charge in [-0.15, -0.1) is 0 Å². The van der Waals surface area contributed by atoms with E-state index in [0.29, 0.717) is 23.4 Å². The summed E-state index contributed by atoms with van der Waals surface area (Å²) in [7, 11) is -4.39. The molecular weight excluding hydrogens is 708 g/mol. The SMILES string of the molecule is CSP1(=O)OC[C@H]2O[C@@H](n3cnc4c(=O)[nH]c(C)nc43)[C@H](OP(=O)(CO)OC[C@]34C[C@@H]3[C@@H](n3cnc5c(N)ncnc53)[C@H](O)[C@@H]4O1)[C@@H]2CO. The van der Waals surface area contributed by atoms with Crippen molar-refractivity contribution in [1.82, 2.24) is 39.0 Å². The van der Waals surface area contributed by atoms with Gasteiger partial charge in [0.1, 0.15) is 42.3 Å². The van der Waals surface area contributed by atoms with Gasteiger partial charge in [-0.1, -0.05) is 0 Å². The van der Waals surface area contributed by atoms with Gasteiger partial charge >= 0.3 is 14.4 Å². The van der Waals surface area contributed by atoms with Crippen molar-refractivity contribution in [2.24, 2.45) is 17.3 Å². The highest BCUT2D eigenvalue weighted by Gasteiger charge is 2.74. The van der Waals surface area contributed by atoms with Crippen molar-refractivity contribution in [3.05, 3.63) is 35.2 Å². The number of H-pyrrole nitrogens is 1. The van der Waals surface area contributed by atoms with Crippen LogP contribution in [0.15, 0.2) is 23.8 Å². The molecule has 20 nitrogen and oxygen atoms in total. The number of hydrogen-bond donors (Lipinski definition) is 5. The van der Waals surface area contributed by atoms with E-state index in [9.17, 15) is 29.2 Å². The molecule has 4 aliphatic rings. The molecule has 8 rings (SSSR count). The number of fused-ring (bicyclic) bond motifs is 4. The number of aliphatic hydroxyl groups excluding tert-OH is 3. The van der Waals surface area contributed by atoms with Crippen molar-refractivity contribution in [3.8, 4) is 0 Å². The largest absolute Gasteiger partial charge is 0.396 e. The van der Waals surface area contributed by atoms with Crippen molar-refractivity contribution in [2.45, 2.75) is 50.0 Å². The van der Waals surface area contributed by atoms with Gasteiger partial charge in [0.25, 0.3) is 5.56 Å². The summed E-state index contributed by atoms with van der Waals surface area (Å²) in [6.45, 7) is -3.74. The van der Waals surface area contributed by atoms with Gasteiger partial charge in [-0.25, -0.2) is 29.5 Å². The fourth-order valence-electron chi connectivity index (χ4n) is 7.44. The number of aromatic amines is 1. The molecule has 2 unspecified atom stereocenters. The molecule has 1 spiro atoms. The molecule has 0 radical (unpaired) electrons. The highest BCUT2D eigenvalue weighted by Crippen LogP contribution is 2.74. The molecule has 2 saturated carbocycles. The molecular formula is C26H33N9O11P2S. The Kier molecular flexibility index (Phi) is 8.08. The lowest BCUT2D eigenvalue weighted by atomic mass is 9.99. The van der Waals surface area contributed by atoms with Crippen molar-refractivity contribution in [3.63, 3.8) is 0 Å². The first kappa shape index (κ1) is 33.3. The van der Waals surface area contributed by atoms with Crippen LogP contribution >= 0.6 is 25.8 Å². The van der Waals surface area contributed by atoms with E-state index in [0.717, 1.165) is 11.4 Å². The number of rotatable bonds is 5. The first-order valence-electron chi connectivity index (χ1n) is 15.3. The summed E-state index contributed by atoms with van der Waals surface area (Å²) in [5.41, 5.74) is 5.31. The molecule has 2 saturated heterocycles. The van der Waals surface area contributed by atoms with Crippen LogP contribution in [0.1, 0.15) is 24.5 Å². The number of aliphatic hydroxyl groups is 3. The molecule has 4 aromatic heterocycles. The molecule has 2 bridgehead atoms. The summed E-state index contributed by atoms with van der Waals surface area (Å²) in [5.74, 6) is -0.864. The minimum atomic E-state index is -4.39. The smallest absolute Gasteiger partial charge is 0.389 e. The highest BCUT2D eigenvalue weighted by molar-refractivity contribution is 8.54. The summed E-state index contributed by atoms with van der Waals surface area (Å²) in [4.78, 5) is 36.3. The van der Waals surface area contributed by atoms with E-state index < -0.39 is 80.9 Å². The van der Waals surface area contributed by atoms with E-state index in [2.05, 4.69) is 29.9 Å². The number of nitrogens with one attached hydrogen (secondary N) is 1. The van der Waals surface area contributed by atoms with Crippen LogP contribution < -0.4 is 11.3 Å². The Morgan fingerprint density at radius 1 is 1.10 bits per heavy atom. The highest BCUT2D eigenvalue weighted by atomic mass is 32.7. The molecule has 0 aromatic carbocycles. The third kappa shape index (κ3) is 5.21. The van der Waals surface area contributed by atoms with Gasteiger partial charge < -0.3 is 39.9 Å². The molecule has 4 fully saturated rings. The maximum absolute atomic E-state index is 14.2. The minimum Gasteiger partial charge on any atom is -0.396 e. The summed E-state index contributed by atoms with van der Waals surface area (Å²) >= 11 is 0.814. The standard InChI is InChI=1S/C26H33N9O11P2S/c1-11-32-23-16(24(39)33-11)31-9-35(23)25-19-12(4-36)14(44-25)5-42-48(41,49-2)46-20-18(38)17(34-8-30-15-21(27)28-7-29-22(15)34)13-3-26(13,20)6-43-47(40,10-37)45-19/h7-9,12-14,17-20,25,36-38H,3-6,10H2,1-2H3,(H2,27,28,29)(H,32,33,39)/t12-,13-,14-,17-,18+,19-,20+,25-,26-,47?,48?/m1/s1. The van der Waals surface area contributed by atoms with Crippen molar-refractivity contribution in [1.29, 1.82) is 0 Å². The molecule has 2 aliphatic heterocycles. The number of anilines is 1. The van der Waals surface area contributed by atoms with E-state index >= 15 is 0 Å². The Morgan fingerprint density at radius 3 is 2.63 bits per heavy atom. The van der Waals surface area contributed by atoms with Crippen LogP contribution in [0.3, 0.4) is 0 Å². The number of nitrogens with zero attached hydrogens (tertiary/aromatic N) is 7. The number of nitrogen functional groups attached to an aromatic ring is 1. The van der Waals surface area contributed by atoms with Gasteiger partial charge in [0.05, 0.1) is 44.6 Å². The summed E-state index contributed by atoms with van der Waals surface area (Å²) in [6.07, 6.45) is -0.953. The average molecular weight is 742 g/mol. The second-order valence-electron chi connectivity index (χ2n) is 12.5. The van der Waals surface area contributed by atoms with Gasteiger partial charge in [0, 0.05) is 11.3 Å². The van der Waals surface area contributed by atoms with Gasteiger partial charge in [-0.3, -0.25) is 27.5 Å². The zero-order valence-electron chi connectivity index (χ0n) is 26.0. The van der Waals surface area contributed by atoms with Crippen molar-refractivity contribution < 1.29 is 47.3 Å². The molecule has 4 aromatic rings. The number of hydrogen-bond acceptors (Lipinski definition) is 18. The predicted molar refractivity (Wildman–Crippen MR) is 170 cm³/mol. The molecule has 49 heavy (non-hydrogen) atoms. The van der Waals surface area contributed by atoms with Gasteiger partial charge in [-0.05, 0) is 36.9 Å². The number of aryl methyl sites for hydroxylation is 1. The van der Waals surface area contributed by atoms with Gasteiger partial charge in [0.2, 0.25) is 0 Å². The van der Waals surface area contributed by atoms with Crippen molar-refractivity contribution >= 4 is 53.9 Å². The van der Waals surface area contributed by atoms with E-state index in [1.807, 2.05) is 0 Å². The maximum atomic E-state index is 14.2. The predicted octanol–water partition coefficient (Wildman–Crippen LogP) is 0.709. The van der Waals surface area contributed by atoms with E-state index in [-0.39, 0.29) is 36.1 Å². The van der Waals surface area contributed by atoms with Gasteiger partial charge in [0.15, 0.2) is 28.9 Å². The molecule has 2 aliphatic carbocycles. The van der Waals surface area contributed by atoms with E-state index in [4.69, 9.17) is 28.6 Å². The third-order valence-electron chi connectivity index (χ3n) is 9.90. The first-order valence-corrected chi connectivity index (χ1v) is 20.4. The van der Waals surface area contributed by atoms with Crippen LogP contribution in [-0.4, -0.2) is 111 Å². The lowest BCUT2D eigenvalue weighted by Crippen LogP contribution is -2.38. The Labute approximate surface area is 280 Å². The lowest BCUT2D eigenvalue weighted by Gasteiger charge is -2.32. The maximum Gasteiger partial charge on any atom is 0.389 e. The average Bonchev–Trinajstić information content (AvgIpc) is 3.39. The van der Waals surface area contributed by atoms with E-state index in [1.165, 1.54) is 29.8 Å². The Bertz CT molecular complexity index is 2100. The molecule has 23 heteroatoms. The number of aromatic nitrogens is 8. The molecule has 6 N–H and O–H groups in total. The Morgan fingerprint density at radius 2 is 1.88 bits per heavy atom. The minimum absolute atomic E-state index is 0.00330. The van der Waals surface area contributed by atoms with Crippen molar-refractivity contribution in [2.75, 3.05) is 38.2 Å². The monoisotopic (exact) mass is 741 g/mol. The topological polar surface area (TPSA) is 274 Å². The fraction of sp³-hybridized carbons (Fsp3) is 0.615. The van der Waals surface area contributed by atoms with Gasteiger partial charge in [-0.2, -0.15) is 0 Å². The lowest BCUT2D eigenvalue weighted by molar-refractivity contribution is -0.0558. The molecule has 6 heterocycles. The van der Waals surface area contributed by atoms with Crippen LogP contribution in [0.4, 0.5) is 5.82 Å². The van der Waals surface area contributed by atoms with E-state index in [1.54, 1.807) is 11.5 Å². The fourth-order valence-corrected chi connectivity index (χ4v) is 10.9. The molecule has 11 atom stereocenters. The Balaban J connectivity index is 1.18. The zero-order chi connectivity index (χ0) is 34.5. The first-order chi connectivity index (χ1) is 23.4. The Hall–Kier alpha value is -2.81. The van der Waals surface area contributed by atoms with Crippen LogP contribution in [-0.2, 0) is 32.0 Å². The van der Waals surface area contributed by atoms with Crippen LogP contribution in [0.25, 0.3) is 22.3 Å². The second-order valence-corrected chi connectivity index (χ2v) is 18.7. The zero-order valence-corrected chi connectivity index (χ0v) is 28.6. The summed E-state index contributed by atoms with van der Waals surface area (Å²) in [6, 6.07) is -0.693. The normalized spacial score (nSPS) is 39.3. The quantitative estimate of drug-likeness (QED) is 0.176. The number of ether oxygens (including phenoxy) is 1. The molecule has 0 amide bonds. The summed E-state index contributed by atoms with van der Waals surface area (Å²) in [5, 5.41) is 32.7. The van der Waals surface area contributed by atoms with Crippen LogP contribution in [0.2, 0.25) is 0 Å².